The van der Waals surface area contributed by atoms with Crippen LogP contribution < -0.4 is 0 Å². The Labute approximate surface area is 164 Å². The van der Waals surface area contributed by atoms with Gasteiger partial charge >= 0.3 is 5.97 Å². The van der Waals surface area contributed by atoms with E-state index in [1.165, 1.54) is 38.5 Å². The van der Waals surface area contributed by atoms with Crippen molar-refractivity contribution in [3.63, 3.8) is 0 Å². The number of carbonyl (C=O) groups excluding carboxylic acids is 1. The Morgan fingerprint density at radius 1 is 1.07 bits per heavy atom. The number of Topliss-reactive ketones (excluding diaryl/α,β-unsaturated/α-hetero) is 1. The first-order chi connectivity index (χ1) is 12.8. The molecule has 27 heavy (non-hydrogen) atoms. The number of carbonyl (C=O) groups is 2. The molecule has 0 amide bonds. The lowest BCUT2D eigenvalue weighted by atomic mass is 9.44. The third kappa shape index (κ3) is 3.08. The van der Waals surface area contributed by atoms with Gasteiger partial charge in [-0.25, -0.2) is 0 Å². The van der Waals surface area contributed by atoms with E-state index in [0.717, 1.165) is 49.4 Å². The Kier molecular flexibility index (Phi) is 4.96. The molecule has 0 radical (unpaired) electrons. The van der Waals surface area contributed by atoms with Crippen molar-refractivity contribution in [3.05, 3.63) is 0 Å². The van der Waals surface area contributed by atoms with Crippen molar-refractivity contribution in [1.82, 2.24) is 0 Å². The van der Waals surface area contributed by atoms with Crippen molar-refractivity contribution in [2.75, 3.05) is 0 Å². The van der Waals surface area contributed by atoms with Crippen LogP contribution in [0, 0.1) is 46.3 Å². The molecule has 0 saturated heterocycles. The van der Waals surface area contributed by atoms with Crippen molar-refractivity contribution < 1.29 is 14.7 Å². The molecular weight excluding hydrogens is 336 g/mol. The molecule has 3 heteroatoms. The number of ketones is 1. The molecule has 4 aliphatic carbocycles. The van der Waals surface area contributed by atoms with E-state index in [1.807, 2.05) is 0 Å². The molecule has 0 aromatic rings. The van der Waals surface area contributed by atoms with Gasteiger partial charge in [0.25, 0.3) is 0 Å². The molecule has 0 unspecified atom stereocenters. The number of hydrogen-bond acceptors (Lipinski definition) is 2. The van der Waals surface area contributed by atoms with E-state index >= 15 is 0 Å². The van der Waals surface area contributed by atoms with Crippen LogP contribution in [0.1, 0.15) is 91.4 Å². The summed E-state index contributed by atoms with van der Waals surface area (Å²) in [5.74, 6) is 4.15. The summed E-state index contributed by atoms with van der Waals surface area (Å²) in [5.41, 5.74) is 0.646. The molecule has 4 fully saturated rings. The zero-order chi connectivity index (χ0) is 19.4. The van der Waals surface area contributed by atoms with E-state index in [2.05, 4.69) is 20.8 Å². The van der Waals surface area contributed by atoms with Crippen molar-refractivity contribution in [2.24, 2.45) is 46.3 Å². The van der Waals surface area contributed by atoms with Gasteiger partial charge in [0.05, 0.1) is 0 Å². The second-order valence-corrected chi connectivity index (χ2v) is 11.0. The molecule has 0 aromatic carbocycles. The van der Waals surface area contributed by atoms with Gasteiger partial charge in [-0.1, -0.05) is 20.8 Å². The molecule has 0 aliphatic heterocycles. The predicted molar refractivity (Wildman–Crippen MR) is 106 cm³/mol. The van der Waals surface area contributed by atoms with E-state index in [-0.39, 0.29) is 5.41 Å². The van der Waals surface area contributed by atoms with Crippen LogP contribution in [0.4, 0.5) is 0 Å². The van der Waals surface area contributed by atoms with Crippen molar-refractivity contribution in [1.29, 1.82) is 0 Å². The summed E-state index contributed by atoms with van der Waals surface area (Å²) in [6, 6.07) is 0. The molecule has 152 valence electrons. The van der Waals surface area contributed by atoms with Crippen molar-refractivity contribution in [2.45, 2.75) is 91.4 Å². The second kappa shape index (κ2) is 6.88. The minimum absolute atomic E-state index is 0.257. The van der Waals surface area contributed by atoms with Crippen molar-refractivity contribution >= 4 is 11.8 Å². The molecule has 8 atom stereocenters. The van der Waals surface area contributed by atoms with E-state index in [4.69, 9.17) is 5.11 Å². The van der Waals surface area contributed by atoms with Gasteiger partial charge in [0.2, 0.25) is 0 Å². The van der Waals surface area contributed by atoms with Gasteiger partial charge in [0.1, 0.15) is 5.78 Å². The maximum absolute atomic E-state index is 12.3. The van der Waals surface area contributed by atoms with Gasteiger partial charge in [-0.3, -0.25) is 9.59 Å². The first-order valence-corrected chi connectivity index (χ1v) is 11.5. The molecule has 0 bridgehead atoms. The highest BCUT2D eigenvalue weighted by atomic mass is 16.4. The Bertz CT molecular complexity index is 613. The number of aliphatic carboxylic acids is 1. The van der Waals surface area contributed by atoms with Crippen LogP contribution in [0.3, 0.4) is 0 Å². The highest BCUT2D eigenvalue weighted by molar-refractivity contribution is 5.80. The summed E-state index contributed by atoms with van der Waals surface area (Å²) in [6.07, 6.45) is 11.8. The Balaban J connectivity index is 1.53. The topological polar surface area (TPSA) is 54.4 Å². The maximum Gasteiger partial charge on any atom is 0.303 e. The lowest BCUT2D eigenvalue weighted by Crippen LogP contribution is -2.54. The fourth-order valence-electron chi connectivity index (χ4n) is 8.66. The van der Waals surface area contributed by atoms with Crippen LogP contribution in [0.5, 0.6) is 0 Å². The fraction of sp³-hybridized carbons (Fsp3) is 0.917. The molecule has 0 aromatic heterocycles. The highest BCUT2D eigenvalue weighted by Crippen LogP contribution is 2.68. The smallest absolute Gasteiger partial charge is 0.303 e. The lowest BCUT2D eigenvalue weighted by molar-refractivity contribution is -0.143. The normalized spacial score (nSPS) is 47.7. The van der Waals surface area contributed by atoms with Gasteiger partial charge < -0.3 is 5.11 Å². The minimum Gasteiger partial charge on any atom is -0.481 e. The zero-order valence-corrected chi connectivity index (χ0v) is 17.5. The third-order valence-electron chi connectivity index (χ3n) is 9.99. The number of fused-ring (bicyclic) bond motifs is 5. The minimum atomic E-state index is -0.654. The van der Waals surface area contributed by atoms with Gasteiger partial charge in [0.15, 0.2) is 0 Å². The Morgan fingerprint density at radius 3 is 2.56 bits per heavy atom. The van der Waals surface area contributed by atoms with E-state index < -0.39 is 5.97 Å². The van der Waals surface area contributed by atoms with Gasteiger partial charge in [-0.2, -0.15) is 0 Å². The molecule has 3 nitrogen and oxygen atoms in total. The highest BCUT2D eigenvalue weighted by Gasteiger charge is 2.60. The molecule has 4 aliphatic rings. The summed E-state index contributed by atoms with van der Waals surface area (Å²) in [7, 11) is 0. The van der Waals surface area contributed by atoms with Crippen LogP contribution in [0.2, 0.25) is 0 Å². The van der Waals surface area contributed by atoms with Crippen LogP contribution in [-0.4, -0.2) is 16.9 Å². The predicted octanol–water partition coefficient (Wildman–Crippen LogP) is 5.72. The molecule has 4 saturated carbocycles. The van der Waals surface area contributed by atoms with Gasteiger partial charge in [-0.05, 0) is 97.7 Å². The number of hydrogen-bond donors (Lipinski definition) is 1. The summed E-state index contributed by atoms with van der Waals surface area (Å²) in [5, 5.41) is 9.09. The Morgan fingerprint density at radius 2 is 1.81 bits per heavy atom. The molecule has 4 rings (SSSR count). The maximum atomic E-state index is 12.3. The number of carboxylic acids is 1. The first kappa shape index (κ1) is 19.5. The summed E-state index contributed by atoms with van der Waals surface area (Å²) < 4.78 is 0. The van der Waals surface area contributed by atoms with Crippen LogP contribution in [-0.2, 0) is 9.59 Å². The molecule has 0 spiro atoms. The van der Waals surface area contributed by atoms with Crippen LogP contribution >= 0.6 is 0 Å². The Hall–Kier alpha value is -0.860. The number of carboxylic acid groups (broad SMARTS) is 1. The zero-order valence-electron chi connectivity index (χ0n) is 17.5. The summed E-state index contributed by atoms with van der Waals surface area (Å²) in [4.78, 5) is 23.3. The van der Waals surface area contributed by atoms with Gasteiger partial charge in [-0.15, -0.1) is 0 Å². The van der Waals surface area contributed by atoms with E-state index in [9.17, 15) is 9.59 Å². The second-order valence-electron chi connectivity index (χ2n) is 11.0. The van der Waals surface area contributed by atoms with Crippen LogP contribution in [0.25, 0.3) is 0 Å². The van der Waals surface area contributed by atoms with E-state index in [1.54, 1.807) is 0 Å². The largest absolute Gasteiger partial charge is 0.481 e. The standard InChI is InChI=1S/C24H38O3/c1-15(4-11-22(26)27)19-9-10-20-18-8-6-16-5-7-17(25)14-24(16,3)21(18)12-13-23(19,20)2/h15-16,18-21H,4-14H2,1-3H3,(H,26,27)/t15-,16+,18+,19-,20+,21+,23-,24+/m1/s1. The molecular formula is C24H38O3. The quantitative estimate of drug-likeness (QED) is 0.685. The average molecular weight is 375 g/mol. The first-order valence-electron chi connectivity index (χ1n) is 11.5. The molecule has 1 N–H and O–H groups in total. The average Bonchev–Trinajstić information content (AvgIpc) is 2.96. The van der Waals surface area contributed by atoms with Crippen molar-refractivity contribution in [3.8, 4) is 0 Å². The molecule has 0 heterocycles. The lowest BCUT2D eigenvalue weighted by Gasteiger charge is -2.60. The van der Waals surface area contributed by atoms with Crippen LogP contribution in [0.15, 0.2) is 0 Å². The third-order valence-corrected chi connectivity index (χ3v) is 9.99. The van der Waals surface area contributed by atoms with E-state index in [0.29, 0.717) is 29.5 Å². The monoisotopic (exact) mass is 374 g/mol. The summed E-state index contributed by atoms with van der Waals surface area (Å²) >= 11 is 0. The fourth-order valence-corrected chi connectivity index (χ4v) is 8.66. The number of rotatable bonds is 4. The summed E-state index contributed by atoms with van der Waals surface area (Å²) in [6.45, 7) is 7.28. The SMILES string of the molecule is C[C@H](CCC(=O)O)[C@H]1CC[C@H]2[C@@H]3CC[C@@H]4CCC(=O)C[C@]4(C)[C@H]3CC[C@]12C. The van der Waals surface area contributed by atoms with Gasteiger partial charge in [0, 0.05) is 19.3 Å².